The van der Waals surface area contributed by atoms with Crippen LogP contribution in [0.25, 0.3) is 0 Å². The monoisotopic (exact) mass is 375 g/mol. The van der Waals surface area contributed by atoms with Crippen molar-refractivity contribution < 1.29 is 13.6 Å². The molecule has 0 fully saturated rings. The predicted molar refractivity (Wildman–Crippen MR) is 59.9 cm³/mol. The van der Waals surface area contributed by atoms with Crippen molar-refractivity contribution in [3.05, 3.63) is 26.6 Å². The Morgan fingerprint density at radius 3 is 2.71 bits per heavy atom. The lowest BCUT2D eigenvalue weighted by molar-refractivity contribution is 0.111. The molecule has 0 saturated heterocycles. The first kappa shape index (κ1) is 12.0. The molecule has 0 aromatic carbocycles. The summed E-state index contributed by atoms with van der Waals surface area (Å²) in [6.07, 6.45) is -2.02. The number of carbonyl (C=O) groups excluding carboxylic acids is 1. The molecule has 1 aromatic heterocycles. The van der Waals surface area contributed by atoms with E-state index in [0.29, 0.717) is 11.8 Å². The van der Waals surface area contributed by atoms with Crippen molar-refractivity contribution in [2.75, 3.05) is 0 Å². The van der Waals surface area contributed by atoms with E-state index in [1.165, 1.54) is 6.07 Å². The zero-order chi connectivity index (χ0) is 10.7. The second kappa shape index (κ2) is 5.11. The molecule has 6 heteroatoms. The first-order valence-corrected chi connectivity index (χ1v) is 5.78. The van der Waals surface area contributed by atoms with Gasteiger partial charge in [-0.2, -0.15) is 0 Å². The van der Waals surface area contributed by atoms with E-state index in [0.717, 1.165) is 0 Å². The van der Waals surface area contributed by atoms with Crippen LogP contribution in [0, 0.1) is 3.70 Å². The van der Waals surface area contributed by atoms with Gasteiger partial charge in [-0.1, -0.05) is 15.9 Å². The number of aromatic nitrogens is 1. The molecule has 0 aliphatic rings. The van der Waals surface area contributed by atoms with Gasteiger partial charge in [0.25, 0.3) is 6.43 Å². The number of aldehydes is 1. The lowest BCUT2D eigenvalue weighted by Gasteiger charge is -2.08. The minimum Gasteiger partial charge on any atom is -0.296 e. The van der Waals surface area contributed by atoms with Gasteiger partial charge >= 0.3 is 0 Å². The maximum Gasteiger partial charge on any atom is 0.266 e. The van der Waals surface area contributed by atoms with Crippen LogP contribution in [0.15, 0.2) is 6.07 Å². The molecule has 1 heterocycles. The zero-order valence-corrected chi connectivity index (χ0v) is 10.5. The lowest BCUT2D eigenvalue weighted by Crippen LogP contribution is -2.02. The Balaban J connectivity index is 3.34. The molecule has 0 atom stereocenters. The maximum atomic E-state index is 12.6. The molecule has 0 spiro atoms. The van der Waals surface area contributed by atoms with Gasteiger partial charge in [0.2, 0.25) is 0 Å². The smallest absolute Gasteiger partial charge is 0.266 e. The number of halogens is 4. The topological polar surface area (TPSA) is 30.0 Å². The Kier molecular flexibility index (Phi) is 4.36. The van der Waals surface area contributed by atoms with Gasteiger partial charge in [0.15, 0.2) is 6.29 Å². The third-order valence-corrected chi connectivity index (χ3v) is 3.03. The first-order valence-electron chi connectivity index (χ1n) is 3.58. The SMILES string of the molecule is O=Cc1cc(CBr)c(C(F)F)c(I)n1. The van der Waals surface area contributed by atoms with Crippen LogP contribution in [0.3, 0.4) is 0 Å². The molecule has 14 heavy (non-hydrogen) atoms. The Bertz CT molecular complexity index is 359. The second-order valence-electron chi connectivity index (χ2n) is 2.46. The van der Waals surface area contributed by atoms with Crippen LogP contribution in [0.4, 0.5) is 8.78 Å². The highest BCUT2D eigenvalue weighted by Crippen LogP contribution is 2.28. The summed E-state index contributed by atoms with van der Waals surface area (Å²) in [5, 5.41) is 0.284. The summed E-state index contributed by atoms with van der Waals surface area (Å²) in [6.45, 7) is 0. The van der Waals surface area contributed by atoms with Crippen molar-refractivity contribution in [1.29, 1.82) is 0 Å². The summed E-state index contributed by atoms with van der Waals surface area (Å²) in [4.78, 5) is 14.2. The number of alkyl halides is 3. The van der Waals surface area contributed by atoms with E-state index < -0.39 is 6.43 Å². The van der Waals surface area contributed by atoms with Crippen LogP contribution < -0.4 is 0 Å². The van der Waals surface area contributed by atoms with E-state index in [9.17, 15) is 13.6 Å². The molecule has 1 aromatic rings. The largest absolute Gasteiger partial charge is 0.296 e. The van der Waals surface area contributed by atoms with Gasteiger partial charge < -0.3 is 0 Å². The predicted octanol–water partition coefficient (Wildman–Crippen LogP) is 3.33. The standard InChI is InChI=1S/C8H5BrF2INO/c9-2-4-1-5(3-14)13-8(12)6(4)7(10)11/h1,3,7H,2H2. The van der Waals surface area contributed by atoms with E-state index in [1.807, 2.05) is 0 Å². The summed E-state index contributed by atoms with van der Waals surface area (Å²) >= 11 is 4.80. The minimum atomic E-state index is -2.57. The van der Waals surface area contributed by atoms with Crippen LogP contribution >= 0.6 is 38.5 Å². The maximum absolute atomic E-state index is 12.6. The molecule has 2 nitrogen and oxygen atoms in total. The van der Waals surface area contributed by atoms with E-state index >= 15 is 0 Å². The number of nitrogens with zero attached hydrogens (tertiary/aromatic N) is 1. The zero-order valence-electron chi connectivity index (χ0n) is 6.81. The molecule has 0 unspecified atom stereocenters. The molecule has 0 saturated carbocycles. The number of rotatable bonds is 3. The highest BCUT2D eigenvalue weighted by Gasteiger charge is 2.18. The molecule has 0 amide bonds. The van der Waals surface area contributed by atoms with Crippen molar-refractivity contribution in [3.8, 4) is 0 Å². The van der Waals surface area contributed by atoms with Gasteiger partial charge in [-0.25, -0.2) is 13.8 Å². The lowest BCUT2D eigenvalue weighted by atomic mass is 10.1. The highest BCUT2D eigenvalue weighted by molar-refractivity contribution is 14.1. The molecule has 0 aliphatic heterocycles. The molecule has 1 rings (SSSR count). The normalized spacial score (nSPS) is 10.6. The Morgan fingerprint density at radius 1 is 1.64 bits per heavy atom. The van der Waals surface area contributed by atoms with Gasteiger partial charge in [0.05, 0.1) is 5.56 Å². The van der Waals surface area contributed by atoms with Crippen molar-refractivity contribution in [2.45, 2.75) is 11.8 Å². The summed E-state index contributed by atoms with van der Waals surface area (Å²) in [7, 11) is 0. The third kappa shape index (κ3) is 2.47. The number of hydrogen-bond acceptors (Lipinski definition) is 2. The fourth-order valence-corrected chi connectivity index (χ4v) is 2.32. The van der Waals surface area contributed by atoms with Gasteiger partial charge in [0.1, 0.15) is 9.39 Å². The average Bonchev–Trinajstić information content (AvgIpc) is 2.15. The average molecular weight is 376 g/mol. The van der Waals surface area contributed by atoms with Gasteiger partial charge in [-0.05, 0) is 34.2 Å². The Morgan fingerprint density at radius 2 is 2.29 bits per heavy atom. The summed E-state index contributed by atoms with van der Waals surface area (Å²) in [5.41, 5.74) is 0.475. The van der Waals surface area contributed by atoms with E-state index in [-0.39, 0.29) is 20.3 Å². The van der Waals surface area contributed by atoms with E-state index in [2.05, 4.69) is 20.9 Å². The fraction of sp³-hybridized carbons (Fsp3) is 0.250. The number of pyridine rings is 1. The van der Waals surface area contributed by atoms with Crippen molar-refractivity contribution >= 4 is 44.8 Å². The van der Waals surface area contributed by atoms with Gasteiger partial charge in [-0.15, -0.1) is 0 Å². The Hall–Kier alpha value is -0.110. The molecular formula is C8H5BrF2INO. The molecular weight excluding hydrogens is 371 g/mol. The van der Waals surface area contributed by atoms with E-state index in [1.54, 1.807) is 22.6 Å². The quantitative estimate of drug-likeness (QED) is 0.351. The number of hydrogen-bond donors (Lipinski definition) is 0. The highest BCUT2D eigenvalue weighted by atomic mass is 127. The second-order valence-corrected chi connectivity index (χ2v) is 4.05. The fourth-order valence-electron chi connectivity index (χ4n) is 0.996. The van der Waals surface area contributed by atoms with Crippen molar-refractivity contribution in [2.24, 2.45) is 0 Å². The molecule has 0 N–H and O–H groups in total. The molecule has 0 aliphatic carbocycles. The van der Waals surface area contributed by atoms with Crippen molar-refractivity contribution in [3.63, 3.8) is 0 Å². The van der Waals surface area contributed by atoms with Crippen LogP contribution in [-0.2, 0) is 5.33 Å². The minimum absolute atomic E-state index is 0.104. The number of carbonyl (C=O) groups is 1. The Labute approximate surface area is 101 Å². The summed E-state index contributed by atoms with van der Waals surface area (Å²) in [6, 6.07) is 1.37. The van der Waals surface area contributed by atoms with Crippen LogP contribution in [0.1, 0.15) is 28.0 Å². The molecule has 76 valence electrons. The van der Waals surface area contributed by atoms with E-state index in [4.69, 9.17) is 0 Å². The summed E-state index contributed by atoms with van der Waals surface area (Å²) < 4.78 is 25.3. The van der Waals surface area contributed by atoms with Crippen molar-refractivity contribution in [1.82, 2.24) is 4.98 Å². The van der Waals surface area contributed by atoms with Gasteiger partial charge in [0, 0.05) is 5.33 Å². The molecule has 0 bridgehead atoms. The third-order valence-electron chi connectivity index (χ3n) is 1.60. The van der Waals surface area contributed by atoms with Crippen LogP contribution in [0.5, 0.6) is 0 Å². The van der Waals surface area contributed by atoms with Crippen LogP contribution in [0.2, 0.25) is 0 Å². The van der Waals surface area contributed by atoms with Crippen LogP contribution in [-0.4, -0.2) is 11.3 Å². The van der Waals surface area contributed by atoms with Gasteiger partial charge in [-0.3, -0.25) is 4.79 Å². The first-order chi connectivity index (χ1) is 6.60. The molecule has 0 radical (unpaired) electrons. The summed E-state index contributed by atoms with van der Waals surface area (Å²) in [5.74, 6) is 0.